The van der Waals surface area contributed by atoms with Crippen LogP contribution in [0, 0.1) is 0 Å². The second-order valence-corrected chi connectivity index (χ2v) is 21.2. The van der Waals surface area contributed by atoms with E-state index in [1.54, 1.807) is 0 Å². The van der Waals surface area contributed by atoms with Crippen molar-refractivity contribution in [2.24, 2.45) is 0 Å². The molecule has 0 radical (unpaired) electrons. The third-order valence-electron chi connectivity index (χ3n) is 9.40. The Morgan fingerprint density at radius 1 is 0.688 bits per heavy atom. The number of fused-ring (bicyclic) bond motifs is 1. The van der Waals surface area contributed by atoms with Crippen molar-refractivity contribution in [1.29, 1.82) is 0 Å². The molecule has 4 nitrogen and oxygen atoms in total. The summed E-state index contributed by atoms with van der Waals surface area (Å²) in [5.41, 5.74) is 11.0. The van der Waals surface area contributed by atoms with Gasteiger partial charge in [-0.3, -0.25) is 4.98 Å². The number of para-hydroxylation sites is 1. The standard InChI is InChI=1S/C43H49N3OSi/c1-11-46-38-19-15-18-34(39(38)45-41(46)35-25-32(42(2,3)4)26-36(40(35)47)43(5,6)7)30-22-29(28-16-13-12-14-17-28)23-31(24-30)37-21-20-33(27-44-37)48(8,9)10/h12-27,47H,11H2,1-10H3. The molecule has 0 saturated carbocycles. The van der Waals surface area contributed by atoms with Gasteiger partial charge in [-0.2, -0.15) is 0 Å². The highest BCUT2D eigenvalue weighted by atomic mass is 28.3. The second kappa shape index (κ2) is 12.2. The molecule has 6 rings (SSSR count). The van der Waals surface area contributed by atoms with E-state index in [0.717, 1.165) is 68.0 Å². The van der Waals surface area contributed by atoms with Crippen molar-refractivity contribution in [2.75, 3.05) is 0 Å². The number of phenols is 1. The van der Waals surface area contributed by atoms with Crippen molar-refractivity contribution in [3.8, 4) is 50.6 Å². The number of imidazole rings is 1. The highest BCUT2D eigenvalue weighted by Crippen LogP contribution is 2.44. The molecular formula is C43H49N3OSi. The number of rotatable bonds is 6. The number of pyridine rings is 1. The fraction of sp³-hybridized carbons (Fsp3) is 0.302. The number of aromatic nitrogens is 3. The number of benzene rings is 4. The summed E-state index contributed by atoms with van der Waals surface area (Å²) in [6, 6.07) is 32.5. The predicted molar refractivity (Wildman–Crippen MR) is 207 cm³/mol. The number of aromatic hydroxyl groups is 1. The van der Waals surface area contributed by atoms with Crippen LogP contribution in [-0.2, 0) is 17.4 Å². The number of phenolic OH excluding ortho intramolecular Hbond substituents is 1. The third-order valence-corrected chi connectivity index (χ3v) is 11.4. The highest BCUT2D eigenvalue weighted by Gasteiger charge is 2.28. The van der Waals surface area contributed by atoms with Crippen molar-refractivity contribution < 1.29 is 5.11 Å². The van der Waals surface area contributed by atoms with Gasteiger partial charge in [-0.15, -0.1) is 0 Å². The zero-order chi connectivity index (χ0) is 34.6. The highest BCUT2D eigenvalue weighted by molar-refractivity contribution is 6.88. The molecule has 0 bridgehead atoms. The quantitative estimate of drug-likeness (QED) is 0.182. The van der Waals surface area contributed by atoms with Crippen LogP contribution in [-0.4, -0.2) is 27.7 Å². The summed E-state index contributed by atoms with van der Waals surface area (Å²) in [5, 5.41) is 13.2. The molecule has 0 aliphatic heterocycles. The Balaban J connectivity index is 1.60. The first kappa shape index (κ1) is 33.4. The Hall–Kier alpha value is -4.48. The van der Waals surface area contributed by atoms with Crippen LogP contribution in [0.1, 0.15) is 59.6 Å². The summed E-state index contributed by atoms with van der Waals surface area (Å²) in [5.74, 6) is 1.10. The molecule has 0 aliphatic carbocycles. The van der Waals surface area contributed by atoms with E-state index in [1.165, 1.54) is 10.8 Å². The SMILES string of the molecule is CCn1c(-c2cc(C(C)(C)C)cc(C(C)(C)C)c2O)nc2c(-c3cc(-c4ccccc4)cc(-c4ccc([Si](C)(C)C)cn4)c3)cccc21. The van der Waals surface area contributed by atoms with Crippen LogP contribution in [0.2, 0.25) is 19.6 Å². The minimum absolute atomic E-state index is 0.0910. The molecule has 2 heterocycles. The average Bonchev–Trinajstić information content (AvgIpc) is 3.42. The zero-order valence-corrected chi connectivity index (χ0v) is 31.2. The molecule has 0 aliphatic rings. The van der Waals surface area contributed by atoms with Gasteiger partial charge in [0.25, 0.3) is 0 Å². The van der Waals surface area contributed by atoms with Gasteiger partial charge in [-0.25, -0.2) is 4.98 Å². The maximum atomic E-state index is 11.8. The fourth-order valence-electron chi connectivity index (χ4n) is 6.45. The molecule has 1 N–H and O–H groups in total. The van der Waals surface area contributed by atoms with E-state index in [-0.39, 0.29) is 10.8 Å². The normalized spacial score (nSPS) is 12.5. The molecule has 0 amide bonds. The average molecular weight is 652 g/mol. The first-order valence-corrected chi connectivity index (χ1v) is 20.6. The minimum Gasteiger partial charge on any atom is -0.507 e. The summed E-state index contributed by atoms with van der Waals surface area (Å²) >= 11 is 0. The Kier molecular flexibility index (Phi) is 8.49. The van der Waals surface area contributed by atoms with E-state index in [0.29, 0.717) is 5.75 Å². The van der Waals surface area contributed by atoms with Crippen LogP contribution >= 0.6 is 0 Å². The second-order valence-electron chi connectivity index (χ2n) is 16.1. The van der Waals surface area contributed by atoms with Crippen LogP contribution in [0.3, 0.4) is 0 Å². The van der Waals surface area contributed by atoms with E-state index >= 15 is 0 Å². The third kappa shape index (κ3) is 6.36. The summed E-state index contributed by atoms with van der Waals surface area (Å²) in [6.45, 7) is 23.1. The van der Waals surface area contributed by atoms with E-state index in [4.69, 9.17) is 9.97 Å². The number of hydrogen-bond donors (Lipinski definition) is 1. The summed E-state index contributed by atoms with van der Waals surface area (Å²) in [4.78, 5) is 10.3. The largest absolute Gasteiger partial charge is 0.507 e. The van der Waals surface area contributed by atoms with Gasteiger partial charge in [0.05, 0.1) is 30.4 Å². The molecule has 0 atom stereocenters. The molecule has 246 valence electrons. The molecule has 2 aromatic heterocycles. The van der Waals surface area contributed by atoms with Crippen LogP contribution in [0.25, 0.3) is 55.9 Å². The van der Waals surface area contributed by atoms with Crippen LogP contribution in [0.4, 0.5) is 0 Å². The van der Waals surface area contributed by atoms with Crippen molar-refractivity contribution in [2.45, 2.75) is 85.5 Å². The Morgan fingerprint density at radius 3 is 1.98 bits per heavy atom. The lowest BCUT2D eigenvalue weighted by molar-refractivity contribution is 0.446. The predicted octanol–water partition coefficient (Wildman–Crippen LogP) is 11.0. The first-order chi connectivity index (χ1) is 22.6. The lowest BCUT2D eigenvalue weighted by atomic mass is 9.79. The molecular weight excluding hydrogens is 603 g/mol. The van der Waals surface area contributed by atoms with Gasteiger partial charge < -0.3 is 9.67 Å². The maximum Gasteiger partial charge on any atom is 0.144 e. The van der Waals surface area contributed by atoms with Gasteiger partial charge in [0.15, 0.2) is 0 Å². The summed E-state index contributed by atoms with van der Waals surface area (Å²) < 4.78 is 2.24. The Bertz CT molecular complexity index is 2110. The van der Waals surface area contributed by atoms with Crippen LogP contribution < -0.4 is 5.19 Å². The van der Waals surface area contributed by atoms with E-state index in [2.05, 4.69) is 170 Å². The van der Waals surface area contributed by atoms with Crippen molar-refractivity contribution >= 4 is 24.3 Å². The number of nitrogens with zero attached hydrogens (tertiary/aromatic N) is 3. The number of aryl methyl sites for hydroxylation is 1. The van der Waals surface area contributed by atoms with Crippen molar-refractivity contribution in [3.05, 3.63) is 108 Å². The van der Waals surface area contributed by atoms with Gasteiger partial charge in [0.1, 0.15) is 11.6 Å². The molecule has 4 aromatic carbocycles. The van der Waals surface area contributed by atoms with Crippen molar-refractivity contribution in [1.82, 2.24) is 14.5 Å². The Labute approximate surface area is 287 Å². The fourth-order valence-corrected chi connectivity index (χ4v) is 7.49. The van der Waals surface area contributed by atoms with E-state index in [9.17, 15) is 5.11 Å². The molecule has 0 saturated heterocycles. The van der Waals surface area contributed by atoms with Crippen LogP contribution in [0.5, 0.6) is 5.75 Å². The molecule has 0 fully saturated rings. The van der Waals surface area contributed by atoms with E-state index < -0.39 is 8.07 Å². The lowest BCUT2D eigenvalue weighted by Crippen LogP contribution is -2.37. The van der Waals surface area contributed by atoms with Gasteiger partial charge in [-0.05, 0) is 81.6 Å². The van der Waals surface area contributed by atoms with Crippen molar-refractivity contribution in [3.63, 3.8) is 0 Å². The Morgan fingerprint density at radius 2 is 1.38 bits per heavy atom. The monoisotopic (exact) mass is 651 g/mol. The first-order valence-electron chi connectivity index (χ1n) is 17.1. The van der Waals surface area contributed by atoms with Gasteiger partial charge in [-0.1, -0.05) is 116 Å². The topological polar surface area (TPSA) is 50.9 Å². The molecule has 5 heteroatoms. The van der Waals surface area contributed by atoms with Gasteiger partial charge in [0, 0.05) is 29.4 Å². The van der Waals surface area contributed by atoms with Gasteiger partial charge in [0.2, 0.25) is 0 Å². The zero-order valence-electron chi connectivity index (χ0n) is 30.2. The molecule has 0 unspecified atom stereocenters. The lowest BCUT2D eigenvalue weighted by Gasteiger charge is -2.27. The molecule has 0 spiro atoms. The van der Waals surface area contributed by atoms with E-state index in [1.807, 2.05) is 0 Å². The summed E-state index contributed by atoms with van der Waals surface area (Å²) in [7, 11) is -1.47. The minimum atomic E-state index is -1.47. The van der Waals surface area contributed by atoms with Gasteiger partial charge >= 0.3 is 0 Å². The number of hydrogen-bond acceptors (Lipinski definition) is 3. The smallest absolute Gasteiger partial charge is 0.144 e. The summed E-state index contributed by atoms with van der Waals surface area (Å²) in [6.07, 6.45) is 2.07. The van der Waals surface area contributed by atoms with Crippen LogP contribution in [0.15, 0.2) is 97.2 Å². The maximum absolute atomic E-state index is 11.8. The molecule has 6 aromatic rings. The molecule has 48 heavy (non-hydrogen) atoms.